The lowest BCUT2D eigenvalue weighted by Crippen LogP contribution is -2.13. The van der Waals surface area contributed by atoms with E-state index in [9.17, 15) is 19.1 Å². The first kappa shape index (κ1) is 17.8. The summed E-state index contributed by atoms with van der Waals surface area (Å²) in [5.41, 5.74) is 1.24. The Balaban J connectivity index is 2.24. The van der Waals surface area contributed by atoms with Gasteiger partial charge in [-0.2, -0.15) is 0 Å². The number of allylic oxidation sites excluding steroid dienone is 2. The highest BCUT2D eigenvalue weighted by Gasteiger charge is 2.27. The van der Waals surface area contributed by atoms with E-state index in [-0.39, 0.29) is 22.8 Å². The number of rotatable bonds is 4. The van der Waals surface area contributed by atoms with Crippen molar-refractivity contribution in [2.24, 2.45) is 0 Å². The summed E-state index contributed by atoms with van der Waals surface area (Å²) in [6.07, 6.45) is 2.03. The second-order valence-corrected chi connectivity index (χ2v) is 7.64. The Hall–Kier alpha value is -1.99. The second-order valence-electron chi connectivity index (χ2n) is 5.61. The molecule has 1 unspecified atom stereocenters. The van der Waals surface area contributed by atoms with Crippen LogP contribution >= 0.6 is 23.4 Å². The first-order valence-corrected chi connectivity index (χ1v) is 8.80. The van der Waals surface area contributed by atoms with Crippen LogP contribution in [0.1, 0.15) is 22.5 Å². The van der Waals surface area contributed by atoms with E-state index < -0.39 is 11.8 Å². The zero-order valence-corrected chi connectivity index (χ0v) is 15.1. The molecule has 5 nitrogen and oxygen atoms in total. The van der Waals surface area contributed by atoms with E-state index in [1.807, 2.05) is 0 Å². The van der Waals surface area contributed by atoms with Gasteiger partial charge in [0.25, 0.3) is 5.91 Å². The van der Waals surface area contributed by atoms with Crippen LogP contribution in [0.5, 0.6) is 5.75 Å². The Kier molecular flexibility index (Phi) is 4.79. The standard InChI is InChI=1S/C17H15ClFNO4S/c1-8-9(6-16(21)22)10-5-13(24-2)11(19)7-12(10)20(8)17(23)14-3-4-15(18)25-14/h3,5,7,15H,4,6H2,1-2H3,(H,21,22). The zero-order chi connectivity index (χ0) is 18.3. The fourth-order valence-electron chi connectivity index (χ4n) is 2.95. The molecule has 1 atom stereocenters. The average Bonchev–Trinajstić information content (AvgIpc) is 3.08. The summed E-state index contributed by atoms with van der Waals surface area (Å²) in [5, 5.41) is 9.68. The van der Waals surface area contributed by atoms with Crippen molar-refractivity contribution in [3.05, 3.63) is 40.2 Å². The molecule has 1 aromatic carbocycles. The number of halogens is 2. The summed E-state index contributed by atoms with van der Waals surface area (Å²) in [7, 11) is 1.33. The number of hydrogen-bond donors (Lipinski definition) is 1. The van der Waals surface area contributed by atoms with Crippen molar-refractivity contribution in [1.82, 2.24) is 4.57 Å². The summed E-state index contributed by atoms with van der Waals surface area (Å²) < 4.78 is 20.3. The molecule has 0 amide bonds. The van der Waals surface area contributed by atoms with Crippen LogP contribution in [-0.4, -0.2) is 33.4 Å². The molecule has 0 aliphatic carbocycles. The third kappa shape index (κ3) is 3.14. The van der Waals surface area contributed by atoms with Crippen LogP contribution in [0.15, 0.2) is 23.1 Å². The highest BCUT2D eigenvalue weighted by molar-refractivity contribution is 8.05. The van der Waals surface area contributed by atoms with E-state index >= 15 is 0 Å². The molecule has 0 saturated carbocycles. The van der Waals surface area contributed by atoms with Crippen molar-refractivity contribution < 1.29 is 23.8 Å². The molecule has 2 aromatic rings. The predicted molar refractivity (Wildman–Crippen MR) is 95.1 cm³/mol. The molecule has 8 heteroatoms. The molecule has 0 bridgehead atoms. The van der Waals surface area contributed by atoms with Gasteiger partial charge in [-0.1, -0.05) is 6.08 Å². The summed E-state index contributed by atoms with van der Waals surface area (Å²) in [6.45, 7) is 1.65. The van der Waals surface area contributed by atoms with Crippen molar-refractivity contribution in [2.75, 3.05) is 7.11 Å². The normalized spacial score (nSPS) is 17.0. The average molecular weight is 384 g/mol. The van der Waals surface area contributed by atoms with Gasteiger partial charge in [0, 0.05) is 17.1 Å². The smallest absolute Gasteiger partial charge is 0.307 e. The predicted octanol–water partition coefficient (Wildman–Crippen LogP) is 3.95. The minimum absolute atomic E-state index is 0.000910. The fraction of sp³-hybridized carbons (Fsp3) is 0.294. The Labute approximate surface area is 152 Å². The van der Waals surface area contributed by atoms with Gasteiger partial charge in [-0.05, 0) is 25.0 Å². The Morgan fingerprint density at radius 1 is 1.48 bits per heavy atom. The lowest BCUT2D eigenvalue weighted by Gasteiger charge is -2.09. The molecule has 1 aliphatic heterocycles. The van der Waals surface area contributed by atoms with Gasteiger partial charge in [0.05, 0.1) is 28.7 Å². The van der Waals surface area contributed by atoms with Gasteiger partial charge in [0.2, 0.25) is 0 Å². The number of aromatic nitrogens is 1. The van der Waals surface area contributed by atoms with E-state index in [0.717, 1.165) is 0 Å². The van der Waals surface area contributed by atoms with Gasteiger partial charge in [-0.15, -0.1) is 23.4 Å². The number of ether oxygens (including phenoxy) is 1. The van der Waals surface area contributed by atoms with Gasteiger partial charge in [-0.25, -0.2) is 4.39 Å². The number of nitrogens with zero attached hydrogens (tertiary/aromatic N) is 1. The lowest BCUT2D eigenvalue weighted by atomic mass is 10.1. The van der Waals surface area contributed by atoms with Crippen LogP contribution in [0, 0.1) is 12.7 Å². The van der Waals surface area contributed by atoms with Gasteiger partial charge >= 0.3 is 5.97 Å². The molecule has 1 N–H and O–H groups in total. The van der Waals surface area contributed by atoms with E-state index in [2.05, 4.69) is 0 Å². The number of alkyl halides is 1. The fourth-order valence-corrected chi connectivity index (χ4v) is 4.18. The second kappa shape index (κ2) is 6.72. The molecule has 3 rings (SSSR count). The van der Waals surface area contributed by atoms with Crippen molar-refractivity contribution >= 4 is 46.1 Å². The van der Waals surface area contributed by atoms with Gasteiger partial charge < -0.3 is 9.84 Å². The minimum atomic E-state index is -1.03. The molecule has 0 spiro atoms. The van der Waals surface area contributed by atoms with E-state index in [4.69, 9.17) is 16.3 Å². The number of thioether (sulfide) groups is 1. The van der Waals surface area contributed by atoms with E-state index in [1.54, 1.807) is 13.0 Å². The number of aliphatic carboxylic acids is 1. The van der Waals surface area contributed by atoms with Crippen molar-refractivity contribution in [1.29, 1.82) is 0 Å². The Bertz CT molecular complexity index is 921. The quantitative estimate of drug-likeness (QED) is 0.809. The largest absolute Gasteiger partial charge is 0.494 e. The van der Waals surface area contributed by atoms with Crippen LogP contribution < -0.4 is 4.74 Å². The number of methoxy groups -OCH3 is 1. The summed E-state index contributed by atoms with van der Waals surface area (Å²) in [5.74, 6) is -1.99. The lowest BCUT2D eigenvalue weighted by molar-refractivity contribution is -0.136. The number of carboxylic acid groups (broad SMARTS) is 1. The van der Waals surface area contributed by atoms with Gasteiger partial charge in [0.15, 0.2) is 11.6 Å². The number of benzene rings is 1. The molecule has 0 saturated heterocycles. The van der Waals surface area contributed by atoms with Crippen molar-refractivity contribution in [3.8, 4) is 5.75 Å². The van der Waals surface area contributed by atoms with Crippen LogP contribution in [0.25, 0.3) is 10.9 Å². The third-order valence-corrected chi connectivity index (χ3v) is 5.58. The maximum absolute atomic E-state index is 14.2. The number of fused-ring (bicyclic) bond motifs is 1. The maximum Gasteiger partial charge on any atom is 0.307 e. The number of carbonyl (C=O) groups excluding carboxylic acids is 1. The molecule has 0 radical (unpaired) electrons. The summed E-state index contributed by atoms with van der Waals surface area (Å²) in [4.78, 5) is 24.6. The molecular weight excluding hydrogens is 369 g/mol. The van der Waals surface area contributed by atoms with Gasteiger partial charge in [0.1, 0.15) is 0 Å². The molecular formula is C17H15ClFNO4S. The molecule has 1 aromatic heterocycles. The third-order valence-electron chi connectivity index (χ3n) is 4.09. The number of carbonyl (C=O) groups is 2. The van der Waals surface area contributed by atoms with Crippen LogP contribution in [0.4, 0.5) is 4.39 Å². The molecule has 1 aliphatic rings. The molecule has 25 heavy (non-hydrogen) atoms. The first-order valence-electron chi connectivity index (χ1n) is 7.48. The Morgan fingerprint density at radius 2 is 2.20 bits per heavy atom. The number of hydrogen-bond acceptors (Lipinski definition) is 4. The number of carboxylic acids is 1. The van der Waals surface area contributed by atoms with Gasteiger partial charge in [-0.3, -0.25) is 14.2 Å². The monoisotopic (exact) mass is 383 g/mol. The van der Waals surface area contributed by atoms with E-state index in [0.29, 0.717) is 33.5 Å². The minimum Gasteiger partial charge on any atom is -0.494 e. The highest BCUT2D eigenvalue weighted by atomic mass is 35.5. The first-order chi connectivity index (χ1) is 11.8. The highest BCUT2D eigenvalue weighted by Crippen LogP contribution is 2.38. The van der Waals surface area contributed by atoms with Crippen LogP contribution in [-0.2, 0) is 11.2 Å². The topological polar surface area (TPSA) is 68.5 Å². The summed E-state index contributed by atoms with van der Waals surface area (Å²) in [6, 6.07) is 2.63. The van der Waals surface area contributed by atoms with E-state index in [1.165, 1.54) is 35.6 Å². The molecule has 0 fully saturated rings. The van der Waals surface area contributed by atoms with Crippen molar-refractivity contribution in [2.45, 2.75) is 24.5 Å². The molecule has 2 heterocycles. The maximum atomic E-state index is 14.2. The zero-order valence-electron chi connectivity index (χ0n) is 13.5. The van der Waals surface area contributed by atoms with Crippen LogP contribution in [0.3, 0.4) is 0 Å². The van der Waals surface area contributed by atoms with Crippen LogP contribution in [0.2, 0.25) is 0 Å². The molecule has 132 valence electrons. The summed E-state index contributed by atoms with van der Waals surface area (Å²) >= 11 is 7.27. The van der Waals surface area contributed by atoms with Crippen molar-refractivity contribution in [3.63, 3.8) is 0 Å². The SMILES string of the molecule is COc1cc2c(CC(=O)O)c(C)n(C(=O)C3=CCC(Cl)S3)c2cc1F. The Morgan fingerprint density at radius 3 is 2.76 bits per heavy atom.